The topological polar surface area (TPSA) is 159 Å². The lowest BCUT2D eigenvalue weighted by Gasteiger charge is -2.16. The number of rotatable bonds is 7. The Labute approximate surface area is 208 Å². The van der Waals surface area contributed by atoms with E-state index in [0.29, 0.717) is 29.2 Å². The van der Waals surface area contributed by atoms with E-state index in [4.69, 9.17) is 20.4 Å². The van der Waals surface area contributed by atoms with Gasteiger partial charge in [-0.25, -0.2) is 19.1 Å². The van der Waals surface area contributed by atoms with Gasteiger partial charge in [0.2, 0.25) is 6.41 Å². The lowest BCUT2D eigenvalue weighted by molar-refractivity contribution is -0.676. The number of amides is 1. The minimum absolute atomic E-state index is 0.169. The average Bonchev–Trinajstić information content (AvgIpc) is 3.37. The molecule has 0 aliphatic carbocycles. The number of hydrogen-bond donors (Lipinski definition) is 2. The second-order valence-electron chi connectivity index (χ2n) is 7.72. The van der Waals surface area contributed by atoms with Crippen molar-refractivity contribution >= 4 is 46.2 Å². The number of nitrogens with zero attached hydrogens (tertiary/aromatic N) is 6. The first kappa shape index (κ1) is 27.2. The van der Waals surface area contributed by atoms with Crippen LogP contribution in [0.25, 0.3) is 22.2 Å². The van der Waals surface area contributed by atoms with Gasteiger partial charge in [-0.1, -0.05) is 0 Å². The first-order chi connectivity index (χ1) is 17.5. The first-order valence-corrected chi connectivity index (χ1v) is 11.0. The van der Waals surface area contributed by atoms with Gasteiger partial charge in [-0.2, -0.15) is 18.3 Å². The summed E-state index contributed by atoms with van der Waals surface area (Å²) in [6.45, 7) is 7.75. The van der Waals surface area contributed by atoms with E-state index in [9.17, 15) is 18.0 Å². The molecule has 4 aromatic rings. The van der Waals surface area contributed by atoms with E-state index in [1.54, 1.807) is 7.11 Å². The molecule has 0 atom stereocenters. The number of carboxylic acids is 1. The number of carboxylic acid groups (broad SMARTS) is 1. The molecule has 0 aliphatic rings. The van der Waals surface area contributed by atoms with E-state index in [1.807, 2.05) is 25.1 Å². The fourth-order valence-corrected chi connectivity index (χ4v) is 3.86. The summed E-state index contributed by atoms with van der Waals surface area (Å²) in [5.41, 5.74) is 10.0. The van der Waals surface area contributed by atoms with Gasteiger partial charge in [-0.15, -0.1) is 0 Å². The fraction of sp³-hybridized carbons (Fsp3) is 0.364. The third-order valence-corrected chi connectivity index (χ3v) is 5.54. The highest BCUT2D eigenvalue weighted by molar-refractivity contribution is 5.84. The number of nitrogens with one attached hydrogen (secondary N) is 1. The molecule has 0 aliphatic heterocycles. The van der Waals surface area contributed by atoms with Crippen LogP contribution in [0.1, 0.15) is 25.4 Å². The molecule has 198 valence electrons. The zero-order valence-electron chi connectivity index (χ0n) is 20.5. The van der Waals surface area contributed by atoms with Crippen LogP contribution in [-0.4, -0.2) is 50.4 Å². The maximum atomic E-state index is 12.1. The number of halogens is 3. The van der Waals surface area contributed by atoms with E-state index < -0.39 is 12.1 Å². The summed E-state index contributed by atoms with van der Waals surface area (Å²) in [7, 11) is 1.65. The summed E-state index contributed by atoms with van der Waals surface area (Å²) in [6, 6.07) is 5.98. The number of aromatic amines is 1. The van der Waals surface area contributed by atoms with Crippen LogP contribution < -0.4 is 25.0 Å². The molecule has 0 fully saturated rings. The van der Waals surface area contributed by atoms with Crippen molar-refractivity contribution in [3.05, 3.63) is 29.7 Å². The molecule has 0 bridgehead atoms. The predicted molar refractivity (Wildman–Crippen MR) is 124 cm³/mol. The molecule has 4 rings (SSSR count). The molecule has 0 spiro atoms. The summed E-state index contributed by atoms with van der Waals surface area (Å²) < 4.78 is 41.3. The highest BCUT2D eigenvalue weighted by Gasteiger charge is 2.29. The molecule has 15 heteroatoms. The quantitative estimate of drug-likeness (QED) is 0.269. The molecule has 0 saturated heterocycles. The van der Waals surface area contributed by atoms with E-state index in [2.05, 4.69) is 43.1 Å². The van der Waals surface area contributed by atoms with Gasteiger partial charge >= 0.3 is 6.18 Å². The Morgan fingerprint density at radius 2 is 2.00 bits per heavy atom. The van der Waals surface area contributed by atoms with Gasteiger partial charge in [0.1, 0.15) is 23.8 Å². The Kier molecular flexibility index (Phi) is 7.84. The number of alkyl halides is 3. The number of anilines is 2. The van der Waals surface area contributed by atoms with Crippen molar-refractivity contribution in [1.29, 1.82) is 0 Å². The van der Waals surface area contributed by atoms with Crippen molar-refractivity contribution in [3.8, 4) is 5.75 Å². The molecular weight excluding hydrogens is 497 g/mol. The maximum Gasteiger partial charge on any atom is 0.430 e. The van der Waals surface area contributed by atoms with Crippen LogP contribution in [-0.2, 0) is 29.2 Å². The number of aliphatic carboxylic acids is 1. The third kappa shape index (κ3) is 5.39. The van der Waals surface area contributed by atoms with Gasteiger partial charge in [-0.3, -0.25) is 14.8 Å². The number of carbonyl (C=O) groups is 2. The molecular formula is C22H25F3N8O4. The summed E-state index contributed by atoms with van der Waals surface area (Å²) in [4.78, 5) is 31.2. The number of nitrogen functional groups attached to an aromatic ring is 1. The van der Waals surface area contributed by atoms with Crippen molar-refractivity contribution in [3.63, 3.8) is 0 Å². The largest absolute Gasteiger partial charge is 0.542 e. The number of aryl methyl sites for hydroxylation is 3. The number of carbonyl (C=O) groups excluding carboxylic acids is 2. The summed E-state index contributed by atoms with van der Waals surface area (Å²) in [5, 5.41) is 15.7. The Morgan fingerprint density at radius 3 is 2.54 bits per heavy atom. The Bertz CT molecular complexity index is 1450. The number of aromatic nitrogens is 6. The molecule has 1 amide bonds. The molecule has 0 saturated carbocycles. The number of benzene rings is 1. The number of H-pyrrole nitrogens is 1. The molecule has 0 unspecified atom stereocenters. The van der Waals surface area contributed by atoms with Crippen molar-refractivity contribution in [2.24, 2.45) is 0 Å². The lowest BCUT2D eigenvalue weighted by Crippen LogP contribution is -2.40. The number of nitrogens with two attached hydrogens (primary N) is 1. The van der Waals surface area contributed by atoms with Crippen LogP contribution in [0, 0.1) is 6.92 Å². The highest BCUT2D eigenvalue weighted by atomic mass is 19.4. The van der Waals surface area contributed by atoms with Gasteiger partial charge in [0, 0.05) is 6.07 Å². The van der Waals surface area contributed by atoms with E-state index >= 15 is 0 Å². The number of hydrogen-bond acceptors (Lipinski definition) is 8. The zero-order valence-corrected chi connectivity index (χ0v) is 20.5. The predicted octanol–water partition coefficient (Wildman–Crippen LogP) is 0.996. The molecule has 0 radical (unpaired) electrons. The molecule has 3 N–H and O–H groups in total. The summed E-state index contributed by atoms with van der Waals surface area (Å²) in [6.07, 6.45) is -4.46. The zero-order chi connectivity index (χ0) is 27.5. The number of fused-ring (bicyclic) bond motifs is 2. The van der Waals surface area contributed by atoms with Gasteiger partial charge in [0.15, 0.2) is 28.3 Å². The monoisotopic (exact) mass is 522 g/mol. The molecule has 3 heterocycles. The SMILES string of the molecule is CCn1c(CN(C=O)c2nc3c(C)n[nH]c3nc2N)[n+](CC)c2ccc(OC)cc21.O=C([O-])C(F)(F)F. The van der Waals surface area contributed by atoms with Crippen LogP contribution in [0.3, 0.4) is 0 Å². The maximum absolute atomic E-state index is 12.1. The number of imidazole rings is 1. The Balaban J connectivity index is 0.000000479. The number of ether oxygens (including phenoxy) is 1. The van der Waals surface area contributed by atoms with Gasteiger partial charge in [-0.05, 0) is 32.9 Å². The lowest BCUT2D eigenvalue weighted by atomic mass is 10.3. The van der Waals surface area contributed by atoms with Gasteiger partial charge < -0.3 is 20.4 Å². The number of methoxy groups -OCH3 is 1. The van der Waals surface area contributed by atoms with Gasteiger partial charge in [0.25, 0.3) is 5.82 Å². The van der Waals surface area contributed by atoms with Crippen LogP contribution >= 0.6 is 0 Å². The van der Waals surface area contributed by atoms with Crippen LogP contribution in [0.4, 0.5) is 24.8 Å². The van der Waals surface area contributed by atoms with Crippen molar-refractivity contribution in [2.75, 3.05) is 17.7 Å². The highest BCUT2D eigenvalue weighted by Crippen LogP contribution is 2.26. The van der Waals surface area contributed by atoms with Crippen molar-refractivity contribution < 1.29 is 37.2 Å². The van der Waals surface area contributed by atoms with E-state index in [-0.39, 0.29) is 5.82 Å². The first-order valence-electron chi connectivity index (χ1n) is 11.0. The van der Waals surface area contributed by atoms with Crippen LogP contribution in [0.2, 0.25) is 0 Å². The van der Waals surface area contributed by atoms with E-state index in [0.717, 1.165) is 42.1 Å². The molecule has 1 aromatic carbocycles. The van der Waals surface area contributed by atoms with E-state index in [1.165, 1.54) is 4.90 Å². The normalized spacial score (nSPS) is 11.3. The minimum atomic E-state index is -5.19. The van der Waals surface area contributed by atoms with Crippen molar-refractivity contribution in [1.82, 2.24) is 24.7 Å². The second kappa shape index (κ2) is 10.7. The minimum Gasteiger partial charge on any atom is -0.542 e. The molecule has 12 nitrogen and oxygen atoms in total. The standard InChI is InChI=1S/C20H25N8O2.C2HF3O2/c1-5-27-14-8-7-13(30-4)9-15(14)28(6-2)16(27)10-26(11-29)20-18(21)23-19-17(22-20)12(3)24-25-19;3-2(4,5)1(6)7/h7-9,11H,5-6,10H2,1-4H3,(H3,21,23,24,25);(H,6,7)/q+1;/p-1. The Hall–Kier alpha value is -4.43. The fourth-order valence-electron chi connectivity index (χ4n) is 3.86. The summed E-state index contributed by atoms with van der Waals surface area (Å²) in [5.74, 6) is -0.780. The second-order valence-corrected chi connectivity index (χ2v) is 7.72. The molecule has 3 aromatic heterocycles. The average molecular weight is 522 g/mol. The van der Waals surface area contributed by atoms with Crippen LogP contribution in [0.5, 0.6) is 5.75 Å². The third-order valence-electron chi connectivity index (χ3n) is 5.54. The summed E-state index contributed by atoms with van der Waals surface area (Å²) >= 11 is 0. The van der Waals surface area contributed by atoms with Crippen LogP contribution in [0.15, 0.2) is 18.2 Å². The Morgan fingerprint density at radius 1 is 1.32 bits per heavy atom. The smallest absolute Gasteiger partial charge is 0.430 e. The molecule has 37 heavy (non-hydrogen) atoms. The van der Waals surface area contributed by atoms with Gasteiger partial charge in [0.05, 0.1) is 25.9 Å². The van der Waals surface area contributed by atoms with Crippen molar-refractivity contribution in [2.45, 2.75) is 46.6 Å².